The number of halogens is 2. The molecule has 0 aromatic heterocycles. The summed E-state index contributed by atoms with van der Waals surface area (Å²) in [6.45, 7) is 0.851. The Kier molecular flexibility index (Phi) is 4.90. The van der Waals surface area contributed by atoms with E-state index in [1.807, 2.05) is 0 Å². The number of hydrogen-bond donors (Lipinski definition) is 1. The monoisotopic (exact) mass is 191 g/mol. The van der Waals surface area contributed by atoms with Crippen LogP contribution >= 0.6 is 28.6 Å². The van der Waals surface area contributed by atoms with E-state index < -0.39 is 6.07 Å². The van der Waals surface area contributed by atoms with Crippen molar-refractivity contribution < 1.29 is 9.09 Å². The topological polar surface area (TPSA) is 38.3 Å². The Balaban J connectivity index is 3.18. The lowest BCUT2D eigenvalue weighted by atomic mass is 10.7. The van der Waals surface area contributed by atoms with Gasteiger partial charge in [-0.25, -0.2) is 0 Å². The highest BCUT2D eigenvalue weighted by molar-refractivity contribution is 8.05. The lowest BCUT2D eigenvalue weighted by Crippen LogP contribution is -2.12. The standard InChI is InChI=1S/C3H8Cl2NO2P/c1-6-2-3-8-9(4,5)7/h6H,2-3H2,1H3. The summed E-state index contributed by atoms with van der Waals surface area (Å²) in [6.07, 6.45) is -3.29. The molecule has 0 saturated heterocycles. The molecule has 1 N–H and O–H groups in total. The van der Waals surface area contributed by atoms with Gasteiger partial charge in [-0.3, -0.25) is 4.57 Å². The maximum absolute atomic E-state index is 10.4. The Morgan fingerprint density at radius 1 is 1.67 bits per heavy atom. The fraction of sp³-hybridized carbons (Fsp3) is 1.00. The molecule has 3 nitrogen and oxygen atoms in total. The Hall–Kier alpha value is 0.730. The average Bonchev–Trinajstić information content (AvgIpc) is 1.63. The zero-order chi connectivity index (χ0) is 7.33. The van der Waals surface area contributed by atoms with Crippen molar-refractivity contribution in [3.05, 3.63) is 0 Å². The van der Waals surface area contributed by atoms with Crippen molar-refractivity contribution in [2.45, 2.75) is 0 Å². The van der Waals surface area contributed by atoms with Crippen molar-refractivity contribution in [2.75, 3.05) is 20.2 Å². The van der Waals surface area contributed by atoms with Crippen molar-refractivity contribution in [1.82, 2.24) is 5.32 Å². The molecule has 0 aliphatic heterocycles. The summed E-state index contributed by atoms with van der Waals surface area (Å²) in [7, 11) is 1.75. The van der Waals surface area contributed by atoms with Crippen molar-refractivity contribution in [3.63, 3.8) is 0 Å². The van der Waals surface area contributed by atoms with Crippen LogP contribution in [-0.2, 0) is 9.09 Å². The summed E-state index contributed by atoms with van der Waals surface area (Å²) < 4.78 is 14.9. The van der Waals surface area contributed by atoms with E-state index in [0.29, 0.717) is 6.54 Å². The van der Waals surface area contributed by atoms with Crippen molar-refractivity contribution in [3.8, 4) is 0 Å². The molecule has 0 aliphatic rings. The number of hydrogen-bond acceptors (Lipinski definition) is 3. The van der Waals surface area contributed by atoms with Crippen LogP contribution in [0.3, 0.4) is 0 Å². The van der Waals surface area contributed by atoms with Gasteiger partial charge in [-0.05, 0) is 29.5 Å². The van der Waals surface area contributed by atoms with E-state index in [0.717, 1.165) is 0 Å². The summed E-state index contributed by atoms with van der Waals surface area (Å²) in [6, 6.07) is 0. The molecule has 6 heteroatoms. The van der Waals surface area contributed by atoms with Gasteiger partial charge in [0.25, 0.3) is 0 Å². The van der Waals surface area contributed by atoms with Gasteiger partial charge in [-0.1, -0.05) is 0 Å². The van der Waals surface area contributed by atoms with Gasteiger partial charge >= 0.3 is 6.07 Å². The Morgan fingerprint density at radius 2 is 2.22 bits per heavy atom. The molecule has 0 fully saturated rings. The molecule has 56 valence electrons. The van der Waals surface area contributed by atoms with Gasteiger partial charge in [-0.2, -0.15) is 0 Å². The highest BCUT2D eigenvalue weighted by atomic mass is 35.9. The van der Waals surface area contributed by atoms with Crippen LogP contribution in [0.5, 0.6) is 0 Å². The van der Waals surface area contributed by atoms with Gasteiger partial charge in [0.05, 0.1) is 6.61 Å². The zero-order valence-corrected chi connectivity index (χ0v) is 7.34. The van der Waals surface area contributed by atoms with Crippen LogP contribution in [0.4, 0.5) is 0 Å². The molecule has 0 unspecified atom stereocenters. The van der Waals surface area contributed by atoms with Crippen LogP contribution in [0.25, 0.3) is 0 Å². The maximum Gasteiger partial charge on any atom is 0.380 e. The number of rotatable bonds is 4. The minimum absolute atomic E-state index is 0.265. The Bertz CT molecular complexity index is 114. The molecular weight excluding hydrogens is 184 g/mol. The predicted octanol–water partition coefficient (Wildman–Crippen LogP) is 1.81. The number of likely N-dealkylation sites (N-methyl/N-ethyl adjacent to an activating group) is 1. The van der Waals surface area contributed by atoms with Crippen LogP contribution in [0.2, 0.25) is 0 Å². The van der Waals surface area contributed by atoms with Crippen LogP contribution < -0.4 is 5.32 Å². The summed E-state index contributed by atoms with van der Waals surface area (Å²) in [5.74, 6) is 0. The first-order chi connectivity index (χ1) is 4.06. The van der Waals surface area contributed by atoms with Crippen LogP contribution in [0, 0.1) is 0 Å². The molecule has 9 heavy (non-hydrogen) atoms. The third kappa shape index (κ3) is 8.73. The van der Waals surface area contributed by atoms with Crippen molar-refractivity contribution in [2.24, 2.45) is 0 Å². The lowest BCUT2D eigenvalue weighted by molar-refractivity contribution is 0.334. The molecule has 0 aliphatic carbocycles. The van der Waals surface area contributed by atoms with Crippen molar-refractivity contribution in [1.29, 1.82) is 0 Å². The molecule has 0 aromatic rings. The minimum Gasteiger partial charge on any atom is -0.317 e. The van der Waals surface area contributed by atoms with Gasteiger partial charge < -0.3 is 9.84 Å². The quantitative estimate of drug-likeness (QED) is 0.545. The van der Waals surface area contributed by atoms with Gasteiger partial charge in [0, 0.05) is 6.54 Å². The second kappa shape index (κ2) is 4.53. The third-order valence-corrected chi connectivity index (χ3v) is 1.66. The van der Waals surface area contributed by atoms with E-state index in [-0.39, 0.29) is 6.61 Å². The zero-order valence-electron chi connectivity index (χ0n) is 4.93. The first-order valence-electron chi connectivity index (χ1n) is 2.35. The summed E-state index contributed by atoms with van der Waals surface area (Å²) in [5.41, 5.74) is 0. The molecule has 0 amide bonds. The van der Waals surface area contributed by atoms with E-state index in [9.17, 15) is 4.57 Å². The highest BCUT2D eigenvalue weighted by Crippen LogP contribution is 2.57. The SMILES string of the molecule is CNCCOP(=O)(Cl)Cl. The summed E-state index contributed by atoms with van der Waals surface area (Å²) in [4.78, 5) is 0. The molecular formula is C3H8Cl2NO2P. The van der Waals surface area contributed by atoms with Crippen LogP contribution in [0.15, 0.2) is 0 Å². The molecule has 0 aromatic carbocycles. The fourth-order valence-electron chi connectivity index (χ4n) is 0.254. The molecule has 0 radical (unpaired) electrons. The van der Waals surface area contributed by atoms with E-state index in [1.165, 1.54) is 0 Å². The molecule has 0 atom stereocenters. The molecule has 0 rings (SSSR count). The fourth-order valence-corrected chi connectivity index (χ4v) is 0.972. The van der Waals surface area contributed by atoms with Gasteiger partial charge in [0.1, 0.15) is 0 Å². The van der Waals surface area contributed by atoms with Gasteiger partial charge in [-0.15, -0.1) is 0 Å². The highest BCUT2D eigenvalue weighted by Gasteiger charge is 2.12. The second-order valence-electron chi connectivity index (χ2n) is 1.35. The Morgan fingerprint density at radius 3 is 2.56 bits per heavy atom. The van der Waals surface area contributed by atoms with Gasteiger partial charge in [0.2, 0.25) is 0 Å². The molecule has 0 spiro atoms. The summed E-state index contributed by atoms with van der Waals surface area (Å²) in [5, 5.41) is 2.78. The molecule has 0 saturated carbocycles. The Labute approximate surface area is 63.7 Å². The largest absolute Gasteiger partial charge is 0.380 e. The molecule has 0 bridgehead atoms. The normalized spacial score (nSPS) is 11.9. The van der Waals surface area contributed by atoms with Gasteiger partial charge in [0.15, 0.2) is 0 Å². The predicted molar refractivity (Wildman–Crippen MR) is 39.2 cm³/mol. The summed E-state index contributed by atoms with van der Waals surface area (Å²) >= 11 is 10.1. The average molecular weight is 192 g/mol. The maximum atomic E-state index is 10.4. The van der Waals surface area contributed by atoms with Crippen LogP contribution in [-0.4, -0.2) is 20.2 Å². The molecule has 0 heterocycles. The van der Waals surface area contributed by atoms with E-state index in [2.05, 4.69) is 9.84 Å². The minimum atomic E-state index is -3.29. The smallest absolute Gasteiger partial charge is 0.317 e. The van der Waals surface area contributed by atoms with Crippen molar-refractivity contribution >= 4 is 28.6 Å². The van der Waals surface area contributed by atoms with Crippen LogP contribution in [0.1, 0.15) is 0 Å². The number of nitrogens with one attached hydrogen (secondary N) is 1. The van der Waals surface area contributed by atoms with E-state index in [4.69, 9.17) is 22.5 Å². The van der Waals surface area contributed by atoms with E-state index in [1.54, 1.807) is 7.05 Å². The first-order valence-corrected chi connectivity index (χ1v) is 5.78. The van der Waals surface area contributed by atoms with E-state index >= 15 is 0 Å². The lowest BCUT2D eigenvalue weighted by Gasteiger charge is -2.01. The second-order valence-corrected chi connectivity index (χ2v) is 5.63. The first kappa shape index (κ1) is 9.73. The third-order valence-electron chi connectivity index (χ3n) is 0.594.